The van der Waals surface area contributed by atoms with Crippen molar-refractivity contribution in [2.45, 2.75) is 31.8 Å². The fraction of sp³-hybridized carbons (Fsp3) is 0.429. The van der Waals surface area contributed by atoms with E-state index in [4.69, 9.17) is 15.0 Å². The first-order valence-electron chi connectivity index (χ1n) is 6.75. The van der Waals surface area contributed by atoms with Crippen molar-refractivity contribution in [2.75, 3.05) is 12.3 Å². The van der Waals surface area contributed by atoms with E-state index in [2.05, 4.69) is 10.1 Å². The van der Waals surface area contributed by atoms with Crippen molar-refractivity contribution in [1.82, 2.24) is 10.1 Å². The number of aromatic nitrogens is 2. The minimum absolute atomic E-state index is 0.0119. The highest BCUT2D eigenvalue weighted by atomic mass is 16.5. The molecule has 1 unspecified atom stereocenters. The van der Waals surface area contributed by atoms with Crippen LogP contribution >= 0.6 is 0 Å². The average molecular weight is 275 g/mol. The number of benzene rings is 1. The Morgan fingerprint density at radius 2 is 2.25 bits per heavy atom. The molecule has 1 aromatic carbocycles. The first kappa shape index (κ1) is 12.9. The minimum Gasteiger partial charge on any atom is -0.506 e. The Bertz CT molecular complexity index is 591. The van der Waals surface area contributed by atoms with Gasteiger partial charge in [-0.25, -0.2) is 0 Å². The molecule has 6 heteroatoms. The van der Waals surface area contributed by atoms with Crippen molar-refractivity contribution >= 4 is 5.69 Å². The van der Waals surface area contributed by atoms with Crippen molar-refractivity contribution < 1.29 is 14.4 Å². The monoisotopic (exact) mass is 275 g/mol. The van der Waals surface area contributed by atoms with Gasteiger partial charge in [0.1, 0.15) is 5.75 Å². The molecule has 0 radical (unpaired) electrons. The van der Waals surface area contributed by atoms with E-state index in [0.29, 0.717) is 29.4 Å². The van der Waals surface area contributed by atoms with E-state index in [1.807, 2.05) is 0 Å². The SMILES string of the molecule is Nc1ccc(-c2nc(CC3CCCCO3)no2)cc1O. The third kappa shape index (κ3) is 2.75. The number of rotatable bonds is 3. The second-order valence-electron chi connectivity index (χ2n) is 4.98. The fourth-order valence-corrected chi connectivity index (χ4v) is 2.30. The normalized spacial score (nSPS) is 19.1. The highest BCUT2D eigenvalue weighted by Crippen LogP contribution is 2.27. The molecule has 0 amide bonds. The first-order chi connectivity index (χ1) is 9.72. The summed E-state index contributed by atoms with van der Waals surface area (Å²) < 4.78 is 10.9. The van der Waals surface area contributed by atoms with Gasteiger partial charge in [-0.1, -0.05) is 5.16 Å². The van der Waals surface area contributed by atoms with Crippen LogP contribution in [0.2, 0.25) is 0 Å². The molecular weight excluding hydrogens is 258 g/mol. The number of ether oxygens (including phenoxy) is 1. The van der Waals surface area contributed by atoms with Crippen molar-refractivity contribution in [3.63, 3.8) is 0 Å². The first-order valence-corrected chi connectivity index (χ1v) is 6.75. The summed E-state index contributed by atoms with van der Waals surface area (Å²) >= 11 is 0. The largest absolute Gasteiger partial charge is 0.506 e. The minimum atomic E-state index is 0.0119. The molecule has 1 aromatic heterocycles. The molecule has 1 aliphatic rings. The summed E-state index contributed by atoms with van der Waals surface area (Å²) in [6, 6.07) is 4.87. The topological polar surface area (TPSA) is 94.4 Å². The maximum absolute atomic E-state index is 9.59. The average Bonchev–Trinajstić information content (AvgIpc) is 2.91. The standard InChI is InChI=1S/C14H17N3O3/c15-11-5-4-9(7-12(11)18)14-16-13(17-20-14)8-10-3-1-2-6-19-10/h4-5,7,10,18H,1-3,6,8,15H2. The molecule has 6 nitrogen and oxygen atoms in total. The van der Waals surface area contributed by atoms with E-state index >= 15 is 0 Å². The molecular formula is C14H17N3O3. The summed E-state index contributed by atoms with van der Waals surface area (Å²) in [5, 5.41) is 13.6. The van der Waals surface area contributed by atoms with E-state index in [-0.39, 0.29) is 11.9 Å². The third-order valence-corrected chi connectivity index (χ3v) is 3.43. The maximum atomic E-state index is 9.59. The van der Waals surface area contributed by atoms with E-state index in [0.717, 1.165) is 19.4 Å². The predicted molar refractivity (Wildman–Crippen MR) is 73.1 cm³/mol. The van der Waals surface area contributed by atoms with Gasteiger partial charge in [0.15, 0.2) is 5.82 Å². The number of nitrogens with zero attached hydrogens (tertiary/aromatic N) is 2. The summed E-state index contributed by atoms with van der Waals surface area (Å²) in [4.78, 5) is 4.34. The van der Waals surface area contributed by atoms with Crippen LogP contribution in [-0.4, -0.2) is 28.0 Å². The summed E-state index contributed by atoms with van der Waals surface area (Å²) in [5.74, 6) is 1.02. The lowest BCUT2D eigenvalue weighted by molar-refractivity contribution is 0.0153. The van der Waals surface area contributed by atoms with Crippen LogP contribution in [0, 0.1) is 0 Å². The van der Waals surface area contributed by atoms with E-state index in [1.165, 1.54) is 12.5 Å². The number of nitrogen functional groups attached to an aromatic ring is 1. The lowest BCUT2D eigenvalue weighted by Gasteiger charge is -2.20. The summed E-state index contributed by atoms with van der Waals surface area (Å²) in [6.45, 7) is 0.807. The van der Waals surface area contributed by atoms with E-state index in [9.17, 15) is 5.11 Å². The van der Waals surface area contributed by atoms with Crippen LogP contribution in [0.4, 0.5) is 5.69 Å². The van der Waals surface area contributed by atoms with Crippen LogP contribution in [0.15, 0.2) is 22.7 Å². The number of hydrogen-bond acceptors (Lipinski definition) is 6. The van der Waals surface area contributed by atoms with Gasteiger partial charge in [-0.2, -0.15) is 4.98 Å². The molecule has 0 spiro atoms. The van der Waals surface area contributed by atoms with Crippen LogP contribution in [0.3, 0.4) is 0 Å². The molecule has 1 fully saturated rings. The molecule has 1 aliphatic heterocycles. The molecule has 1 atom stereocenters. The molecule has 1 saturated heterocycles. The zero-order valence-corrected chi connectivity index (χ0v) is 11.1. The van der Waals surface area contributed by atoms with Gasteiger partial charge in [0.05, 0.1) is 11.8 Å². The van der Waals surface area contributed by atoms with Gasteiger partial charge in [-0.3, -0.25) is 0 Å². The Balaban J connectivity index is 1.73. The predicted octanol–water partition coefficient (Wildman–Crippen LogP) is 2.14. The van der Waals surface area contributed by atoms with E-state index in [1.54, 1.807) is 12.1 Å². The zero-order valence-electron chi connectivity index (χ0n) is 11.1. The second kappa shape index (κ2) is 5.50. The van der Waals surface area contributed by atoms with Crippen molar-refractivity contribution in [3.8, 4) is 17.2 Å². The van der Waals surface area contributed by atoms with E-state index < -0.39 is 0 Å². The van der Waals surface area contributed by atoms with Gasteiger partial charge in [-0.15, -0.1) is 0 Å². The Kier molecular flexibility index (Phi) is 3.56. The molecule has 3 rings (SSSR count). The van der Waals surface area contributed by atoms with Gasteiger partial charge in [0.25, 0.3) is 5.89 Å². The number of nitrogens with two attached hydrogens (primary N) is 1. The molecule has 3 N–H and O–H groups in total. The summed E-state index contributed by atoms with van der Waals surface area (Å²) in [7, 11) is 0. The Morgan fingerprint density at radius 3 is 3.00 bits per heavy atom. The van der Waals surface area contributed by atoms with Gasteiger partial charge in [0.2, 0.25) is 0 Å². The third-order valence-electron chi connectivity index (χ3n) is 3.43. The molecule has 106 valence electrons. The quantitative estimate of drug-likeness (QED) is 0.658. The lowest BCUT2D eigenvalue weighted by atomic mass is 10.1. The smallest absolute Gasteiger partial charge is 0.258 e. The van der Waals surface area contributed by atoms with Crippen LogP contribution in [0.5, 0.6) is 5.75 Å². The number of aromatic hydroxyl groups is 1. The molecule has 2 aromatic rings. The maximum Gasteiger partial charge on any atom is 0.258 e. The number of hydrogen-bond donors (Lipinski definition) is 2. The zero-order chi connectivity index (χ0) is 13.9. The summed E-state index contributed by atoms with van der Waals surface area (Å²) in [6.07, 6.45) is 4.17. The van der Waals surface area contributed by atoms with Gasteiger partial charge >= 0.3 is 0 Å². The number of phenols is 1. The van der Waals surface area contributed by atoms with Gasteiger partial charge in [-0.05, 0) is 37.5 Å². The molecule has 0 aliphatic carbocycles. The van der Waals surface area contributed by atoms with Gasteiger partial charge in [0, 0.05) is 18.6 Å². The number of anilines is 1. The Labute approximate surface area is 116 Å². The van der Waals surface area contributed by atoms with Crippen molar-refractivity contribution in [2.24, 2.45) is 0 Å². The number of phenolic OH excluding ortho intramolecular Hbond substituents is 1. The molecule has 2 heterocycles. The second-order valence-corrected chi connectivity index (χ2v) is 4.98. The summed E-state index contributed by atoms with van der Waals surface area (Å²) in [5.41, 5.74) is 6.54. The molecule has 0 bridgehead atoms. The van der Waals surface area contributed by atoms with Crippen molar-refractivity contribution in [1.29, 1.82) is 0 Å². The highest BCUT2D eigenvalue weighted by Gasteiger charge is 2.18. The van der Waals surface area contributed by atoms with Crippen LogP contribution in [0.25, 0.3) is 11.5 Å². The van der Waals surface area contributed by atoms with Crippen LogP contribution in [0.1, 0.15) is 25.1 Å². The molecule has 20 heavy (non-hydrogen) atoms. The highest BCUT2D eigenvalue weighted by molar-refractivity contribution is 5.63. The molecule has 0 saturated carbocycles. The Morgan fingerprint density at radius 1 is 1.35 bits per heavy atom. The van der Waals surface area contributed by atoms with Crippen molar-refractivity contribution in [3.05, 3.63) is 24.0 Å². The van der Waals surface area contributed by atoms with Gasteiger partial charge < -0.3 is 20.1 Å². The van der Waals surface area contributed by atoms with Crippen LogP contribution in [-0.2, 0) is 11.2 Å². The fourth-order valence-electron chi connectivity index (χ4n) is 2.30. The Hall–Kier alpha value is -2.08. The van der Waals surface area contributed by atoms with Crippen LogP contribution < -0.4 is 5.73 Å². The lowest BCUT2D eigenvalue weighted by Crippen LogP contribution is -2.21.